The van der Waals surface area contributed by atoms with Crippen LogP contribution in [0.5, 0.6) is 0 Å². The molecule has 0 spiro atoms. The van der Waals surface area contributed by atoms with Gasteiger partial charge in [0.2, 0.25) is 22.7 Å². The van der Waals surface area contributed by atoms with E-state index in [4.69, 9.17) is 25.9 Å². The van der Waals surface area contributed by atoms with E-state index in [2.05, 4.69) is 0 Å². The zero-order chi connectivity index (χ0) is 35.4. The molecule has 48 heavy (non-hydrogen) atoms. The van der Waals surface area contributed by atoms with Gasteiger partial charge in [-0.3, -0.25) is 0 Å². The molecule has 3 aromatic carbocycles. The molecule has 0 aliphatic carbocycles. The summed E-state index contributed by atoms with van der Waals surface area (Å²) in [5.74, 6) is -0.837. The molecule has 250 valence electrons. The lowest BCUT2D eigenvalue weighted by Crippen LogP contribution is -2.28. The summed E-state index contributed by atoms with van der Waals surface area (Å²) >= 11 is 0. The monoisotopic (exact) mass is 716 g/mol. The van der Waals surface area contributed by atoms with E-state index >= 15 is 8.78 Å². The van der Waals surface area contributed by atoms with Crippen LogP contribution in [0.25, 0.3) is 54.4 Å². The summed E-state index contributed by atoms with van der Waals surface area (Å²) in [5, 5.41) is 3.75. The average Bonchev–Trinajstić information content (AvgIpc) is 3.01. The molecule has 0 amide bonds. The zero-order valence-corrected chi connectivity index (χ0v) is 25.1. The predicted molar refractivity (Wildman–Crippen MR) is 154 cm³/mol. The van der Waals surface area contributed by atoms with Crippen molar-refractivity contribution in [2.24, 2.45) is 0 Å². The summed E-state index contributed by atoms with van der Waals surface area (Å²) in [6, 6.07) is 26.6. The summed E-state index contributed by atoms with van der Waals surface area (Å²) in [5.41, 5.74) is -9.10. The number of rotatable bonds is 0. The topological polar surface area (TPSA) is 123 Å². The molecule has 4 heterocycles. The van der Waals surface area contributed by atoms with E-state index in [1.807, 2.05) is 84.9 Å². The summed E-state index contributed by atoms with van der Waals surface area (Å²) in [4.78, 5) is 0. The van der Waals surface area contributed by atoms with Crippen LogP contribution in [-0.4, -0.2) is 37.0 Å². The second kappa shape index (κ2) is 12.0. The highest BCUT2D eigenvalue weighted by atomic mass is 32.2. The smallest absolute Gasteiger partial charge is 0.485 e. The minimum atomic E-state index is -6.09. The van der Waals surface area contributed by atoms with Gasteiger partial charge in [-0.15, -0.1) is 0 Å². The van der Waals surface area contributed by atoms with Crippen LogP contribution < -0.4 is 8.80 Å². The molecule has 0 unspecified atom stereocenters. The normalized spacial score (nSPS) is 12.7. The van der Waals surface area contributed by atoms with Crippen molar-refractivity contribution in [2.75, 3.05) is 0 Å². The largest absolute Gasteiger partial charge is 0.741 e. The number of fused-ring (bicyclic) bond motifs is 12. The molecular weight excluding hydrogens is 700 g/mol. The Morgan fingerprint density at radius 1 is 0.479 bits per heavy atom. The third-order valence-electron chi connectivity index (χ3n) is 7.04. The van der Waals surface area contributed by atoms with Crippen molar-refractivity contribution in [3.8, 4) is 0 Å². The van der Waals surface area contributed by atoms with Crippen LogP contribution in [0, 0.1) is 11.6 Å². The number of aromatic nitrogens is 2. The van der Waals surface area contributed by atoms with Crippen molar-refractivity contribution in [2.45, 2.75) is 11.0 Å². The molecule has 7 aromatic rings. The van der Waals surface area contributed by atoms with Crippen molar-refractivity contribution in [3.05, 3.63) is 109 Å². The molecule has 4 aromatic heterocycles. The maximum Gasteiger partial charge on any atom is 0.485 e. The van der Waals surface area contributed by atoms with Crippen LogP contribution in [0.15, 0.2) is 97.3 Å². The van der Waals surface area contributed by atoms with Crippen molar-refractivity contribution in [3.63, 3.8) is 0 Å². The van der Waals surface area contributed by atoms with E-state index in [9.17, 15) is 26.3 Å². The average molecular weight is 717 g/mol. The first kappa shape index (κ1) is 34.6. The molecular formula is C30H16F8N2O6S2. The van der Waals surface area contributed by atoms with Gasteiger partial charge in [0.1, 0.15) is 10.8 Å². The number of hydrogen-bond donors (Lipinski definition) is 0. The quantitative estimate of drug-likeness (QED) is 0.0463. The molecule has 0 saturated carbocycles. The minimum Gasteiger partial charge on any atom is -0.741 e. The first-order chi connectivity index (χ1) is 22.3. The van der Waals surface area contributed by atoms with Gasteiger partial charge in [0.15, 0.2) is 32.6 Å². The fraction of sp³-hybridized carbons (Fsp3) is 0.0667. The summed E-state index contributed by atoms with van der Waals surface area (Å²) in [6.45, 7) is 0. The van der Waals surface area contributed by atoms with E-state index in [-0.39, 0.29) is 11.0 Å². The first-order valence-corrected chi connectivity index (χ1v) is 15.9. The molecule has 0 radical (unpaired) electrons. The lowest BCUT2D eigenvalue weighted by molar-refractivity contribution is -0.484. The summed E-state index contributed by atoms with van der Waals surface area (Å²) in [7, 11) is -12.2. The molecule has 0 aliphatic rings. The van der Waals surface area contributed by atoms with Gasteiger partial charge in [-0.05, 0) is 24.3 Å². The highest BCUT2D eigenvalue weighted by Gasteiger charge is 2.37. The Morgan fingerprint density at radius 3 is 1.04 bits per heavy atom. The Bertz CT molecular complexity index is 2310. The fourth-order valence-electron chi connectivity index (χ4n) is 5.17. The second-order valence-corrected chi connectivity index (χ2v) is 12.6. The standard InChI is InChI=1S/C28H16F2N2.2CHF3O3S/c29-25-23-19-11-3-1-9-17(19)21-13-5-7-15-31(21)27(23)26(30)24-20-12-4-2-10-18(20)22-14-6-8-16-32(22)28(24)25;2*2-1(3,4)8(5,6)7/h1-16H;2*(H,5,6,7)/q+2;;/p-2. The molecule has 0 atom stereocenters. The number of pyridine rings is 4. The van der Waals surface area contributed by atoms with Crippen LogP contribution in [0.3, 0.4) is 0 Å². The van der Waals surface area contributed by atoms with E-state index < -0.39 is 42.9 Å². The van der Waals surface area contributed by atoms with E-state index in [0.29, 0.717) is 21.5 Å². The zero-order valence-electron chi connectivity index (χ0n) is 23.4. The van der Waals surface area contributed by atoms with Crippen molar-refractivity contribution in [1.29, 1.82) is 0 Å². The Labute approximate surface area is 264 Å². The Morgan fingerprint density at radius 2 is 0.750 bits per heavy atom. The SMILES string of the molecule is Fc1c2c3ccccc3c3cccc[n+]3c2c(F)c2c3ccccc3c3cccc[n+]3c12.O=S(=O)([O-])C(F)(F)F.O=S(=O)([O-])C(F)(F)F. The lowest BCUT2D eigenvalue weighted by Gasteiger charge is -2.10. The molecule has 18 heteroatoms. The highest BCUT2D eigenvalue weighted by Crippen LogP contribution is 2.37. The third-order valence-corrected chi connectivity index (χ3v) is 8.18. The Balaban J connectivity index is 0.000000236. The van der Waals surface area contributed by atoms with E-state index in [0.717, 1.165) is 21.8 Å². The fourth-order valence-corrected chi connectivity index (χ4v) is 5.17. The number of alkyl halides is 6. The van der Waals surface area contributed by atoms with Crippen LogP contribution in [0.1, 0.15) is 0 Å². The maximum absolute atomic E-state index is 16.6. The van der Waals surface area contributed by atoms with Gasteiger partial charge in [0, 0.05) is 35.0 Å². The second-order valence-electron chi connectivity index (χ2n) is 9.88. The number of nitrogens with zero attached hydrogens (tertiary/aromatic N) is 2. The third kappa shape index (κ3) is 6.02. The van der Waals surface area contributed by atoms with Crippen LogP contribution in [-0.2, 0) is 20.2 Å². The molecule has 0 fully saturated rings. The molecule has 0 N–H and O–H groups in total. The number of hydrogen-bond acceptors (Lipinski definition) is 6. The van der Waals surface area contributed by atoms with E-state index in [1.165, 1.54) is 0 Å². The van der Waals surface area contributed by atoms with Gasteiger partial charge < -0.3 is 9.11 Å². The summed E-state index contributed by atoms with van der Waals surface area (Å²) < 4.78 is 154. The Hall–Kier alpha value is -4.78. The van der Waals surface area contributed by atoms with Gasteiger partial charge in [0.05, 0.1) is 10.8 Å². The Kier molecular flexibility index (Phi) is 8.66. The minimum absolute atomic E-state index is 0.255. The predicted octanol–water partition coefficient (Wildman–Crippen LogP) is 6.16. The van der Waals surface area contributed by atoms with Crippen molar-refractivity contribution >= 4 is 74.6 Å². The van der Waals surface area contributed by atoms with Crippen LogP contribution in [0.2, 0.25) is 0 Å². The van der Waals surface area contributed by atoms with Gasteiger partial charge in [-0.1, -0.05) is 36.4 Å². The van der Waals surface area contributed by atoms with Gasteiger partial charge in [-0.25, -0.2) is 16.8 Å². The van der Waals surface area contributed by atoms with Crippen LogP contribution in [0.4, 0.5) is 35.1 Å². The molecule has 8 nitrogen and oxygen atoms in total. The molecule has 7 rings (SSSR count). The van der Waals surface area contributed by atoms with E-state index in [1.54, 1.807) is 21.2 Å². The lowest BCUT2D eigenvalue weighted by atomic mass is 9.97. The number of benzene rings is 3. The molecule has 0 bridgehead atoms. The van der Waals surface area contributed by atoms with Crippen molar-refractivity contribution < 1.29 is 69.9 Å². The van der Waals surface area contributed by atoms with Gasteiger partial charge >= 0.3 is 11.0 Å². The number of halogens is 8. The van der Waals surface area contributed by atoms with Crippen molar-refractivity contribution in [1.82, 2.24) is 0 Å². The molecule has 0 aliphatic heterocycles. The summed E-state index contributed by atoms with van der Waals surface area (Å²) in [6.07, 6.45) is 3.60. The van der Waals surface area contributed by atoms with Gasteiger partial charge in [-0.2, -0.15) is 43.9 Å². The first-order valence-electron chi connectivity index (χ1n) is 13.1. The molecule has 0 saturated heterocycles. The highest BCUT2D eigenvalue weighted by molar-refractivity contribution is 7.86. The maximum atomic E-state index is 16.6. The van der Waals surface area contributed by atoms with Gasteiger partial charge in [0.25, 0.3) is 11.0 Å². The van der Waals surface area contributed by atoms with Crippen LogP contribution >= 0.6 is 0 Å².